The summed E-state index contributed by atoms with van der Waals surface area (Å²) >= 11 is 0. The Morgan fingerprint density at radius 2 is 1.71 bits per heavy atom. The van der Waals surface area contributed by atoms with E-state index in [0.29, 0.717) is 0 Å². The number of nitrogens with zero attached hydrogens (tertiary/aromatic N) is 1. The molecule has 110 valence electrons. The van der Waals surface area contributed by atoms with Crippen LogP contribution in [0.2, 0.25) is 0 Å². The Kier molecular flexibility index (Phi) is 4.56. The highest BCUT2D eigenvalue weighted by Crippen LogP contribution is 2.26. The van der Waals surface area contributed by atoms with Crippen LogP contribution in [0.25, 0.3) is 0 Å². The van der Waals surface area contributed by atoms with Gasteiger partial charge in [-0.3, -0.25) is 0 Å². The Hall–Kier alpha value is -1.80. The molecular formula is C19H24N2. The zero-order valence-electron chi connectivity index (χ0n) is 12.5. The Labute approximate surface area is 127 Å². The molecule has 1 unspecified atom stereocenters. The molecule has 21 heavy (non-hydrogen) atoms. The van der Waals surface area contributed by atoms with Gasteiger partial charge in [0.25, 0.3) is 0 Å². The second kappa shape index (κ2) is 6.77. The molecule has 3 rings (SSSR count). The van der Waals surface area contributed by atoms with Crippen molar-refractivity contribution in [3.63, 3.8) is 0 Å². The van der Waals surface area contributed by atoms with E-state index in [1.165, 1.54) is 36.1 Å². The molecule has 1 aliphatic rings. The van der Waals surface area contributed by atoms with Crippen LogP contribution in [0.1, 0.15) is 24.0 Å². The van der Waals surface area contributed by atoms with Crippen molar-refractivity contribution in [1.82, 2.24) is 0 Å². The van der Waals surface area contributed by atoms with Crippen molar-refractivity contribution >= 4 is 5.69 Å². The average Bonchev–Trinajstić information content (AvgIpc) is 2.52. The molecule has 0 saturated carbocycles. The molecule has 0 radical (unpaired) electrons. The van der Waals surface area contributed by atoms with Crippen LogP contribution < -0.4 is 10.6 Å². The van der Waals surface area contributed by atoms with E-state index in [1.54, 1.807) is 0 Å². The molecule has 2 N–H and O–H groups in total. The summed E-state index contributed by atoms with van der Waals surface area (Å²) in [5.41, 5.74) is 10.4. The highest BCUT2D eigenvalue weighted by Gasteiger charge is 2.20. The first-order valence-corrected chi connectivity index (χ1v) is 7.95. The molecule has 1 atom stereocenters. The summed E-state index contributed by atoms with van der Waals surface area (Å²) in [6.07, 6.45) is 4.63. The topological polar surface area (TPSA) is 29.3 Å². The summed E-state index contributed by atoms with van der Waals surface area (Å²) in [7, 11) is 0. The van der Waals surface area contributed by atoms with Crippen LogP contribution in [-0.2, 0) is 12.8 Å². The first-order valence-electron chi connectivity index (χ1n) is 7.95. The van der Waals surface area contributed by atoms with Crippen molar-refractivity contribution in [1.29, 1.82) is 0 Å². The summed E-state index contributed by atoms with van der Waals surface area (Å²) < 4.78 is 0. The first-order chi connectivity index (χ1) is 10.3. The second-order valence-corrected chi connectivity index (χ2v) is 5.98. The van der Waals surface area contributed by atoms with E-state index in [1.807, 2.05) is 0 Å². The number of aryl methyl sites for hydroxylation is 1. The maximum Gasteiger partial charge on any atom is 0.0399 e. The van der Waals surface area contributed by atoms with Crippen molar-refractivity contribution in [2.75, 3.05) is 18.0 Å². The zero-order valence-corrected chi connectivity index (χ0v) is 12.5. The van der Waals surface area contributed by atoms with Gasteiger partial charge in [0.05, 0.1) is 0 Å². The van der Waals surface area contributed by atoms with Crippen LogP contribution in [-0.4, -0.2) is 19.1 Å². The number of fused-ring (bicyclic) bond motifs is 1. The molecule has 0 aromatic heterocycles. The fourth-order valence-electron chi connectivity index (χ4n) is 3.21. The van der Waals surface area contributed by atoms with Crippen molar-refractivity contribution in [2.24, 2.45) is 5.73 Å². The van der Waals surface area contributed by atoms with Crippen molar-refractivity contribution < 1.29 is 0 Å². The Morgan fingerprint density at radius 3 is 2.57 bits per heavy atom. The van der Waals surface area contributed by atoms with Gasteiger partial charge in [-0.1, -0.05) is 48.5 Å². The highest BCUT2D eigenvalue weighted by molar-refractivity contribution is 5.56. The van der Waals surface area contributed by atoms with Crippen LogP contribution in [0.5, 0.6) is 0 Å². The van der Waals surface area contributed by atoms with Gasteiger partial charge < -0.3 is 10.6 Å². The van der Waals surface area contributed by atoms with E-state index in [2.05, 4.69) is 59.5 Å². The molecule has 0 aliphatic carbocycles. The molecule has 2 nitrogen and oxygen atoms in total. The fraction of sp³-hybridized carbons (Fsp3) is 0.368. The third kappa shape index (κ3) is 3.64. The summed E-state index contributed by atoms with van der Waals surface area (Å²) in [4.78, 5) is 2.47. The maximum absolute atomic E-state index is 6.19. The zero-order chi connectivity index (χ0) is 14.5. The number of benzene rings is 2. The lowest BCUT2D eigenvalue weighted by atomic mass is 9.98. The number of anilines is 1. The minimum absolute atomic E-state index is 0.272. The molecule has 0 bridgehead atoms. The predicted molar refractivity (Wildman–Crippen MR) is 89.7 cm³/mol. The van der Waals surface area contributed by atoms with Crippen LogP contribution in [0.3, 0.4) is 0 Å². The van der Waals surface area contributed by atoms with E-state index in [4.69, 9.17) is 5.73 Å². The van der Waals surface area contributed by atoms with Gasteiger partial charge in [0, 0.05) is 24.8 Å². The van der Waals surface area contributed by atoms with Gasteiger partial charge in [-0.2, -0.15) is 0 Å². The molecule has 1 heterocycles. The quantitative estimate of drug-likeness (QED) is 0.851. The van der Waals surface area contributed by atoms with E-state index in [0.717, 1.165) is 19.5 Å². The molecule has 0 fully saturated rings. The fourth-order valence-corrected chi connectivity index (χ4v) is 3.21. The van der Waals surface area contributed by atoms with Crippen molar-refractivity contribution in [2.45, 2.75) is 31.7 Å². The second-order valence-electron chi connectivity index (χ2n) is 5.98. The Balaban J connectivity index is 1.54. The lowest BCUT2D eigenvalue weighted by molar-refractivity contribution is 0.581. The van der Waals surface area contributed by atoms with Crippen LogP contribution in [0.4, 0.5) is 5.69 Å². The van der Waals surface area contributed by atoms with Gasteiger partial charge in [0.15, 0.2) is 0 Å². The SMILES string of the molecule is NC1Cc2ccccc2N(CCCCc2ccccc2)C1. The summed E-state index contributed by atoms with van der Waals surface area (Å²) in [6.45, 7) is 2.10. The lowest BCUT2D eigenvalue weighted by Gasteiger charge is -2.34. The summed E-state index contributed by atoms with van der Waals surface area (Å²) in [6, 6.07) is 19.7. The molecule has 0 amide bonds. The van der Waals surface area contributed by atoms with E-state index >= 15 is 0 Å². The first kappa shape index (κ1) is 14.2. The number of hydrogen-bond acceptors (Lipinski definition) is 2. The summed E-state index contributed by atoms with van der Waals surface area (Å²) in [5, 5.41) is 0. The minimum atomic E-state index is 0.272. The molecule has 0 saturated heterocycles. The smallest absolute Gasteiger partial charge is 0.0399 e. The maximum atomic E-state index is 6.19. The molecule has 2 heteroatoms. The van der Waals surface area contributed by atoms with Gasteiger partial charge >= 0.3 is 0 Å². The number of hydrogen-bond donors (Lipinski definition) is 1. The van der Waals surface area contributed by atoms with Crippen LogP contribution in [0, 0.1) is 0 Å². The van der Waals surface area contributed by atoms with E-state index in [9.17, 15) is 0 Å². The molecular weight excluding hydrogens is 256 g/mol. The average molecular weight is 280 g/mol. The number of para-hydroxylation sites is 1. The monoisotopic (exact) mass is 280 g/mol. The van der Waals surface area contributed by atoms with Crippen LogP contribution in [0.15, 0.2) is 54.6 Å². The minimum Gasteiger partial charge on any atom is -0.370 e. The van der Waals surface area contributed by atoms with Gasteiger partial charge in [0.1, 0.15) is 0 Å². The molecule has 1 aliphatic heterocycles. The third-order valence-corrected chi connectivity index (χ3v) is 4.26. The number of nitrogens with two attached hydrogens (primary N) is 1. The number of rotatable bonds is 5. The normalized spacial score (nSPS) is 17.6. The summed E-state index contributed by atoms with van der Waals surface area (Å²) in [5.74, 6) is 0. The third-order valence-electron chi connectivity index (χ3n) is 4.26. The van der Waals surface area contributed by atoms with Crippen LogP contribution >= 0.6 is 0 Å². The van der Waals surface area contributed by atoms with Gasteiger partial charge in [-0.15, -0.1) is 0 Å². The van der Waals surface area contributed by atoms with Gasteiger partial charge in [0.2, 0.25) is 0 Å². The Morgan fingerprint density at radius 1 is 0.952 bits per heavy atom. The molecule has 2 aromatic carbocycles. The van der Waals surface area contributed by atoms with Crippen molar-refractivity contribution in [3.8, 4) is 0 Å². The standard InChI is InChI=1S/C19H24N2/c20-18-14-17-11-4-5-12-19(17)21(15-18)13-7-6-10-16-8-2-1-3-9-16/h1-5,8-9,11-12,18H,6-7,10,13-15,20H2. The van der Waals surface area contributed by atoms with Gasteiger partial charge in [-0.05, 0) is 42.9 Å². The van der Waals surface area contributed by atoms with Gasteiger partial charge in [-0.25, -0.2) is 0 Å². The largest absolute Gasteiger partial charge is 0.370 e. The van der Waals surface area contributed by atoms with E-state index < -0.39 is 0 Å². The molecule has 0 spiro atoms. The number of unbranched alkanes of at least 4 members (excludes halogenated alkanes) is 1. The van der Waals surface area contributed by atoms with Crippen molar-refractivity contribution in [3.05, 3.63) is 65.7 Å². The lowest BCUT2D eigenvalue weighted by Crippen LogP contribution is -2.43. The molecule has 2 aromatic rings. The Bertz CT molecular complexity index is 565. The van der Waals surface area contributed by atoms with E-state index in [-0.39, 0.29) is 6.04 Å². The predicted octanol–water partition coefficient (Wildman–Crippen LogP) is 3.40. The highest BCUT2D eigenvalue weighted by atomic mass is 15.1.